The van der Waals surface area contributed by atoms with E-state index in [1.165, 1.54) is 12.1 Å². The summed E-state index contributed by atoms with van der Waals surface area (Å²) in [6.07, 6.45) is 0.918. The van der Waals surface area contributed by atoms with Gasteiger partial charge < -0.3 is 9.42 Å². The van der Waals surface area contributed by atoms with Crippen molar-refractivity contribution in [2.75, 3.05) is 26.2 Å². The molecular weight excluding hydrogens is 425 g/mol. The summed E-state index contributed by atoms with van der Waals surface area (Å²) in [5.41, 5.74) is 3.82. The molecule has 7 heteroatoms. The summed E-state index contributed by atoms with van der Waals surface area (Å²) in [5, 5.41) is 4.02. The summed E-state index contributed by atoms with van der Waals surface area (Å²) < 4.78 is 18.4. The Morgan fingerprint density at radius 1 is 1.06 bits per heavy atom. The van der Waals surface area contributed by atoms with E-state index in [2.05, 4.69) is 10.1 Å². The van der Waals surface area contributed by atoms with Crippen LogP contribution in [0.4, 0.5) is 4.39 Å². The van der Waals surface area contributed by atoms with Crippen molar-refractivity contribution in [1.29, 1.82) is 0 Å². The Labute approximate surface area is 192 Å². The molecule has 1 amide bonds. The number of amides is 1. The van der Waals surface area contributed by atoms with Crippen LogP contribution in [0.1, 0.15) is 39.4 Å². The molecule has 1 aliphatic heterocycles. The van der Waals surface area contributed by atoms with E-state index in [0.29, 0.717) is 6.54 Å². The SMILES string of the molecule is Cc1noc(C)c1CSc1ccccc1C(=O)N1CCCN(Cc2ccc(F)cc2)CC1. The van der Waals surface area contributed by atoms with Crippen LogP contribution in [0.3, 0.4) is 0 Å². The molecule has 0 atom stereocenters. The number of hydrogen-bond acceptors (Lipinski definition) is 5. The molecule has 0 N–H and O–H groups in total. The van der Waals surface area contributed by atoms with Gasteiger partial charge in [0.05, 0.1) is 11.3 Å². The van der Waals surface area contributed by atoms with Crippen molar-refractivity contribution in [1.82, 2.24) is 15.0 Å². The molecular formula is C25H28FN3O2S. The average Bonchev–Trinajstić information content (AvgIpc) is 2.98. The topological polar surface area (TPSA) is 49.6 Å². The number of carbonyl (C=O) groups is 1. The fraction of sp³-hybridized carbons (Fsp3) is 0.360. The molecule has 3 aromatic rings. The van der Waals surface area contributed by atoms with Crippen LogP contribution in [-0.4, -0.2) is 47.0 Å². The summed E-state index contributed by atoms with van der Waals surface area (Å²) in [4.78, 5) is 18.7. The van der Waals surface area contributed by atoms with Gasteiger partial charge in [-0.15, -0.1) is 11.8 Å². The van der Waals surface area contributed by atoms with E-state index in [0.717, 1.165) is 71.4 Å². The minimum Gasteiger partial charge on any atom is -0.361 e. The zero-order valence-corrected chi connectivity index (χ0v) is 19.3. The van der Waals surface area contributed by atoms with E-state index in [1.54, 1.807) is 11.8 Å². The Kier molecular flexibility index (Phi) is 7.27. The fourth-order valence-electron chi connectivity index (χ4n) is 3.98. The second-order valence-corrected chi connectivity index (χ2v) is 9.15. The van der Waals surface area contributed by atoms with Crippen LogP contribution in [-0.2, 0) is 12.3 Å². The van der Waals surface area contributed by atoms with Crippen LogP contribution < -0.4 is 0 Å². The molecule has 32 heavy (non-hydrogen) atoms. The van der Waals surface area contributed by atoms with Crippen LogP contribution in [0.25, 0.3) is 0 Å². The minimum absolute atomic E-state index is 0.0792. The quantitative estimate of drug-likeness (QED) is 0.488. The predicted molar refractivity (Wildman–Crippen MR) is 124 cm³/mol. The lowest BCUT2D eigenvalue weighted by molar-refractivity contribution is 0.0757. The number of aromatic nitrogens is 1. The molecule has 0 radical (unpaired) electrons. The van der Waals surface area contributed by atoms with Crippen molar-refractivity contribution in [3.05, 3.63) is 82.5 Å². The second kappa shape index (κ2) is 10.3. The predicted octanol–water partition coefficient (Wildman–Crippen LogP) is 5.07. The smallest absolute Gasteiger partial charge is 0.255 e. The molecule has 0 aliphatic carbocycles. The fourth-order valence-corrected chi connectivity index (χ4v) is 5.18. The minimum atomic E-state index is -0.215. The Morgan fingerprint density at radius 2 is 1.84 bits per heavy atom. The van der Waals surface area contributed by atoms with Gasteiger partial charge >= 0.3 is 0 Å². The van der Waals surface area contributed by atoms with Crippen molar-refractivity contribution in [2.45, 2.75) is 37.5 Å². The maximum Gasteiger partial charge on any atom is 0.255 e. The Balaban J connectivity index is 1.40. The number of aryl methyl sites for hydroxylation is 2. The largest absolute Gasteiger partial charge is 0.361 e. The second-order valence-electron chi connectivity index (χ2n) is 8.14. The Morgan fingerprint density at radius 3 is 2.59 bits per heavy atom. The monoisotopic (exact) mass is 453 g/mol. The van der Waals surface area contributed by atoms with Gasteiger partial charge in [0.25, 0.3) is 5.91 Å². The molecule has 4 rings (SSSR count). The molecule has 0 saturated carbocycles. The molecule has 1 aromatic heterocycles. The van der Waals surface area contributed by atoms with Crippen molar-refractivity contribution in [2.24, 2.45) is 0 Å². The van der Waals surface area contributed by atoms with Crippen molar-refractivity contribution in [3.63, 3.8) is 0 Å². The lowest BCUT2D eigenvalue weighted by Crippen LogP contribution is -2.35. The van der Waals surface area contributed by atoms with Gasteiger partial charge in [-0.2, -0.15) is 0 Å². The zero-order valence-electron chi connectivity index (χ0n) is 18.5. The van der Waals surface area contributed by atoms with E-state index in [1.807, 2.05) is 55.1 Å². The molecule has 2 aromatic carbocycles. The maximum absolute atomic E-state index is 13.4. The summed E-state index contributed by atoms with van der Waals surface area (Å²) in [6.45, 7) is 7.78. The molecule has 1 aliphatic rings. The van der Waals surface area contributed by atoms with E-state index >= 15 is 0 Å². The van der Waals surface area contributed by atoms with Gasteiger partial charge in [0, 0.05) is 48.9 Å². The molecule has 0 spiro atoms. The highest BCUT2D eigenvalue weighted by Crippen LogP contribution is 2.29. The van der Waals surface area contributed by atoms with Crippen molar-refractivity contribution < 1.29 is 13.7 Å². The van der Waals surface area contributed by atoms with Crippen LogP contribution in [0.15, 0.2) is 57.9 Å². The maximum atomic E-state index is 13.4. The lowest BCUT2D eigenvalue weighted by atomic mass is 10.2. The van der Waals surface area contributed by atoms with E-state index in [4.69, 9.17) is 4.52 Å². The van der Waals surface area contributed by atoms with E-state index < -0.39 is 0 Å². The van der Waals surface area contributed by atoms with Gasteiger partial charge in [0.15, 0.2) is 0 Å². The molecule has 2 heterocycles. The van der Waals surface area contributed by atoms with E-state index in [-0.39, 0.29) is 11.7 Å². The van der Waals surface area contributed by atoms with Gasteiger partial charge in [-0.3, -0.25) is 9.69 Å². The molecule has 1 fully saturated rings. The van der Waals surface area contributed by atoms with Gasteiger partial charge in [-0.05, 0) is 50.1 Å². The number of halogens is 1. The normalized spacial score (nSPS) is 15.0. The Hall–Kier alpha value is -2.64. The first kappa shape index (κ1) is 22.6. The zero-order chi connectivity index (χ0) is 22.5. The molecule has 1 saturated heterocycles. The van der Waals surface area contributed by atoms with E-state index in [9.17, 15) is 9.18 Å². The number of nitrogens with zero attached hydrogens (tertiary/aromatic N) is 3. The third-order valence-electron chi connectivity index (χ3n) is 5.87. The average molecular weight is 454 g/mol. The van der Waals surface area contributed by atoms with Crippen LogP contribution >= 0.6 is 11.8 Å². The molecule has 5 nitrogen and oxygen atoms in total. The number of benzene rings is 2. The third kappa shape index (κ3) is 5.40. The third-order valence-corrected chi connectivity index (χ3v) is 6.97. The number of thioether (sulfide) groups is 1. The van der Waals surface area contributed by atoms with Crippen molar-refractivity contribution >= 4 is 17.7 Å². The molecule has 0 bridgehead atoms. The first-order valence-corrected chi connectivity index (χ1v) is 11.9. The Bertz CT molecular complexity index is 1050. The number of rotatable bonds is 6. The standard InChI is InChI=1S/C25H28FN3O2S/c1-18-23(19(2)31-27-18)17-32-24-7-4-3-6-22(24)25(30)29-13-5-12-28(14-15-29)16-20-8-10-21(26)11-9-20/h3-4,6-11H,5,12-17H2,1-2H3. The summed E-state index contributed by atoms with van der Waals surface area (Å²) >= 11 is 1.65. The molecule has 0 unspecified atom stereocenters. The highest BCUT2D eigenvalue weighted by atomic mass is 32.2. The highest BCUT2D eigenvalue weighted by molar-refractivity contribution is 7.98. The van der Waals surface area contributed by atoms with Gasteiger partial charge in [0.2, 0.25) is 0 Å². The van der Waals surface area contributed by atoms with Gasteiger partial charge in [0.1, 0.15) is 11.6 Å². The van der Waals surface area contributed by atoms with Gasteiger partial charge in [-0.1, -0.05) is 29.4 Å². The summed E-state index contributed by atoms with van der Waals surface area (Å²) in [5.74, 6) is 1.41. The first-order chi connectivity index (χ1) is 15.5. The van der Waals surface area contributed by atoms with Crippen molar-refractivity contribution in [3.8, 4) is 0 Å². The highest BCUT2D eigenvalue weighted by Gasteiger charge is 2.23. The first-order valence-electron chi connectivity index (χ1n) is 10.9. The lowest BCUT2D eigenvalue weighted by Gasteiger charge is -2.23. The molecule has 168 valence electrons. The summed E-state index contributed by atoms with van der Waals surface area (Å²) in [6, 6.07) is 14.5. The van der Waals surface area contributed by atoms with Crippen LogP contribution in [0, 0.1) is 19.7 Å². The summed E-state index contributed by atoms with van der Waals surface area (Å²) in [7, 11) is 0. The number of carbonyl (C=O) groups excluding carboxylic acids is 1. The van der Waals surface area contributed by atoms with Gasteiger partial charge in [-0.25, -0.2) is 4.39 Å². The van der Waals surface area contributed by atoms with Crippen LogP contribution in [0.5, 0.6) is 0 Å². The number of hydrogen-bond donors (Lipinski definition) is 0. The van der Waals surface area contributed by atoms with Crippen LogP contribution in [0.2, 0.25) is 0 Å².